The minimum Gasteiger partial charge on any atom is -0.349 e. The van der Waals surface area contributed by atoms with E-state index in [1.165, 1.54) is 25.1 Å². The zero-order valence-corrected chi connectivity index (χ0v) is 13.8. The van der Waals surface area contributed by atoms with Gasteiger partial charge < -0.3 is 4.74 Å². The Bertz CT molecular complexity index is 829. The number of benzene rings is 2. The number of halogens is 4. The number of Topliss-reactive ketones (excluding diaryl/α,β-unsaturated/α-hetero) is 1. The van der Waals surface area contributed by atoms with Crippen molar-refractivity contribution in [1.29, 1.82) is 0 Å². The van der Waals surface area contributed by atoms with E-state index in [0.717, 1.165) is 0 Å². The highest BCUT2D eigenvalue weighted by Gasteiger charge is 2.63. The van der Waals surface area contributed by atoms with Gasteiger partial charge in [-0.2, -0.15) is 13.2 Å². The number of hydrogen-bond acceptors (Lipinski definition) is 2. The number of fused-ring (bicyclic) bond motifs is 3. The van der Waals surface area contributed by atoms with Gasteiger partial charge in [0.2, 0.25) is 5.60 Å². The Labute approximate surface area is 142 Å². The molecular formula is C18H14ClF3O2. The Balaban J connectivity index is 2.39. The van der Waals surface area contributed by atoms with Gasteiger partial charge in [0, 0.05) is 21.7 Å². The second-order valence-electron chi connectivity index (χ2n) is 5.88. The molecule has 0 saturated carbocycles. The third kappa shape index (κ3) is 2.34. The molecular weight excluding hydrogens is 341 g/mol. The molecule has 1 atom stereocenters. The molecule has 0 N–H and O–H groups in total. The Morgan fingerprint density at radius 1 is 1.21 bits per heavy atom. The van der Waals surface area contributed by atoms with Gasteiger partial charge in [-0.05, 0) is 31.0 Å². The van der Waals surface area contributed by atoms with Gasteiger partial charge in [0.05, 0.1) is 0 Å². The maximum atomic E-state index is 14.2. The number of rotatable bonds is 3. The lowest BCUT2D eigenvalue weighted by atomic mass is 9.89. The summed E-state index contributed by atoms with van der Waals surface area (Å²) in [5.74, 6) is -0.483. The largest absolute Gasteiger partial charge is 0.426 e. The first-order chi connectivity index (χ1) is 11.2. The molecule has 0 spiro atoms. The third-order valence-corrected chi connectivity index (χ3v) is 4.38. The number of ether oxygens (including phenoxy) is 1. The lowest BCUT2D eigenvalue weighted by Crippen LogP contribution is -2.45. The Hall–Kier alpha value is -1.85. The fourth-order valence-corrected chi connectivity index (χ4v) is 3.58. The van der Waals surface area contributed by atoms with Crippen molar-refractivity contribution in [2.75, 3.05) is 6.61 Å². The zero-order chi connectivity index (χ0) is 17.7. The van der Waals surface area contributed by atoms with E-state index in [9.17, 15) is 18.0 Å². The first-order valence-electron chi connectivity index (χ1n) is 7.29. The van der Waals surface area contributed by atoms with Gasteiger partial charge in [0.1, 0.15) is 6.61 Å². The number of alkyl halides is 3. The second-order valence-corrected chi connectivity index (χ2v) is 6.29. The molecule has 0 bridgehead atoms. The van der Waals surface area contributed by atoms with Crippen molar-refractivity contribution in [1.82, 2.24) is 0 Å². The van der Waals surface area contributed by atoms with Crippen LogP contribution in [0, 0.1) is 6.92 Å². The number of ketones is 1. The van der Waals surface area contributed by atoms with Crippen LogP contribution in [0.15, 0.2) is 36.4 Å². The number of carbonyl (C=O) groups is 1. The molecule has 6 heteroatoms. The molecule has 1 aliphatic rings. The van der Waals surface area contributed by atoms with Crippen molar-refractivity contribution in [2.24, 2.45) is 0 Å². The van der Waals surface area contributed by atoms with Gasteiger partial charge in [0.25, 0.3) is 0 Å². The summed E-state index contributed by atoms with van der Waals surface area (Å²) in [7, 11) is 0. The Morgan fingerprint density at radius 2 is 1.88 bits per heavy atom. The van der Waals surface area contributed by atoms with E-state index in [1.807, 2.05) is 0 Å². The molecule has 0 radical (unpaired) electrons. The number of carbonyl (C=O) groups excluding carboxylic acids is 1. The van der Waals surface area contributed by atoms with Crippen molar-refractivity contribution in [3.63, 3.8) is 0 Å². The average molecular weight is 355 g/mol. The molecule has 2 nitrogen and oxygen atoms in total. The second kappa shape index (κ2) is 5.60. The smallest absolute Gasteiger partial charge is 0.349 e. The molecule has 126 valence electrons. The van der Waals surface area contributed by atoms with Crippen LogP contribution in [0.4, 0.5) is 13.2 Å². The molecule has 0 heterocycles. The molecule has 2 aromatic rings. The highest BCUT2D eigenvalue weighted by molar-refractivity contribution is 6.34. The van der Waals surface area contributed by atoms with E-state index < -0.39 is 24.2 Å². The summed E-state index contributed by atoms with van der Waals surface area (Å²) < 4.78 is 47.9. The summed E-state index contributed by atoms with van der Waals surface area (Å²) in [6.45, 7) is 2.22. The fraction of sp³-hybridized carbons (Fsp3) is 0.278. The monoisotopic (exact) mass is 354 g/mol. The van der Waals surface area contributed by atoms with Crippen molar-refractivity contribution < 1.29 is 22.7 Å². The van der Waals surface area contributed by atoms with Crippen LogP contribution in [0.25, 0.3) is 11.1 Å². The summed E-state index contributed by atoms with van der Waals surface area (Å²) in [5, 5.41) is 0.231. The van der Waals surface area contributed by atoms with Gasteiger partial charge in [-0.1, -0.05) is 41.9 Å². The maximum absolute atomic E-state index is 14.2. The highest BCUT2D eigenvalue weighted by atomic mass is 35.5. The van der Waals surface area contributed by atoms with Crippen molar-refractivity contribution in [3.8, 4) is 11.1 Å². The van der Waals surface area contributed by atoms with E-state index in [-0.39, 0.29) is 16.1 Å². The fourth-order valence-electron chi connectivity index (χ4n) is 3.20. The summed E-state index contributed by atoms with van der Waals surface area (Å²) in [4.78, 5) is 11.3. The summed E-state index contributed by atoms with van der Waals surface area (Å²) in [5.41, 5.74) is -1.53. The molecule has 0 aromatic heterocycles. The summed E-state index contributed by atoms with van der Waals surface area (Å²) >= 11 is 6.25. The predicted octanol–water partition coefficient (Wildman–Crippen LogP) is 5.04. The van der Waals surface area contributed by atoms with Crippen molar-refractivity contribution >= 4 is 17.4 Å². The first-order valence-corrected chi connectivity index (χ1v) is 7.67. The van der Waals surface area contributed by atoms with Crippen molar-refractivity contribution in [3.05, 3.63) is 58.1 Å². The van der Waals surface area contributed by atoms with Crippen LogP contribution >= 0.6 is 11.6 Å². The third-order valence-electron chi connectivity index (χ3n) is 4.08. The predicted molar refractivity (Wildman–Crippen MR) is 85.1 cm³/mol. The van der Waals surface area contributed by atoms with E-state index >= 15 is 0 Å². The first kappa shape index (κ1) is 17.0. The summed E-state index contributed by atoms with van der Waals surface area (Å²) in [6, 6.07) is 9.16. The van der Waals surface area contributed by atoms with Gasteiger partial charge in [-0.25, -0.2) is 0 Å². The van der Waals surface area contributed by atoms with Gasteiger partial charge in [-0.15, -0.1) is 0 Å². The summed E-state index contributed by atoms with van der Waals surface area (Å²) in [6.07, 6.45) is -4.75. The Kier molecular flexibility index (Phi) is 3.97. The van der Waals surface area contributed by atoms with Crippen LogP contribution in [-0.2, 0) is 15.1 Å². The zero-order valence-electron chi connectivity index (χ0n) is 13.0. The molecule has 1 aliphatic carbocycles. The molecule has 0 saturated heterocycles. The van der Waals surface area contributed by atoms with Crippen LogP contribution in [-0.4, -0.2) is 18.6 Å². The maximum Gasteiger partial charge on any atom is 0.426 e. The molecule has 0 aliphatic heterocycles. The van der Waals surface area contributed by atoms with Crippen LogP contribution < -0.4 is 0 Å². The normalized spacial score (nSPS) is 19.1. The minimum absolute atomic E-state index is 0.0405. The lowest BCUT2D eigenvalue weighted by molar-refractivity contribution is -0.263. The lowest BCUT2D eigenvalue weighted by Gasteiger charge is -2.34. The molecule has 2 aromatic carbocycles. The van der Waals surface area contributed by atoms with Crippen LogP contribution in [0.2, 0.25) is 5.02 Å². The molecule has 3 rings (SSSR count). The molecule has 24 heavy (non-hydrogen) atoms. The van der Waals surface area contributed by atoms with Gasteiger partial charge >= 0.3 is 6.18 Å². The number of hydrogen-bond donors (Lipinski definition) is 0. The van der Waals surface area contributed by atoms with Gasteiger partial charge in [-0.3, -0.25) is 4.79 Å². The quantitative estimate of drug-likeness (QED) is 0.771. The SMILES string of the molecule is CC(=O)COC1(C(F)(F)F)c2ccccc2-c2c(Cl)cc(C)cc21. The van der Waals surface area contributed by atoms with Crippen LogP contribution in [0.1, 0.15) is 23.6 Å². The highest BCUT2D eigenvalue weighted by Crippen LogP contribution is 2.58. The van der Waals surface area contributed by atoms with Crippen LogP contribution in [0.3, 0.4) is 0 Å². The van der Waals surface area contributed by atoms with E-state index in [4.69, 9.17) is 16.3 Å². The molecule has 0 amide bonds. The molecule has 0 fully saturated rings. The van der Waals surface area contributed by atoms with E-state index in [0.29, 0.717) is 16.7 Å². The van der Waals surface area contributed by atoms with Gasteiger partial charge in [0.15, 0.2) is 5.78 Å². The van der Waals surface area contributed by atoms with E-state index in [2.05, 4.69) is 0 Å². The molecule has 1 unspecified atom stereocenters. The standard InChI is InChI=1S/C18H14ClF3O2/c1-10-7-14-16(15(19)8-10)12-5-3-4-6-13(12)17(14,18(20,21)22)24-9-11(2)23/h3-8H,9H2,1-2H3. The Morgan fingerprint density at radius 3 is 2.50 bits per heavy atom. The van der Waals surface area contributed by atoms with Crippen LogP contribution in [0.5, 0.6) is 0 Å². The van der Waals surface area contributed by atoms with Crippen molar-refractivity contribution in [2.45, 2.75) is 25.6 Å². The number of aryl methyl sites for hydroxylation is 1. The minimum atomic E-state index is -4.75. The van der Waals surface area contributed by atoms with E-state index in [1.54, 1.807) is 25.1 Å². The average Bonchev–Trinajstić information content (AvgIpc) is 2.75. The topological polar surface area (TPSA) is 26.3 Å².